The Kier molecular flexibility index (Phi) is 4.67. The van der Waals surface area contributed by atoms with Crippen LogP contribution in [-0.2, 0) is 4.79 Å². The van der Waals surface area contributed by atoms with Crippen LogP contribution in [-0.4, -0.2) is 22.7 Å². The number of benzene rings is 2. The fourth-order valence-electron chi connectivity index (χ4n) is 2.42. The van der Waals surface area contributed by atoms with Gasteiger partial charge >= 0.3 is 0 Å². The molecule has 1 fully saturated rings. The average molecular weight is 358 g/mol. The summed E-state index contributed by atoms with van der Waals surface area (Å²) in [4.78, 5) is 13.9. The maximum atomic E-state index is 13.1. The summed E-state index contributed by atoms with van der Waals surface area (Å²) < 4.78 is 18.4. The highest BCUT2D eigenvalue weighted by Gasteiger charge is 2.31. The van der Waals surface area contributed by atoms with E-state index in [-0.39, 0.29) is 22.5 Å². The minimum Gasteiger partial charge on any atom is -0.504 e. The third-order valence-corrected chi connectivity index (χ3v) is 3.84. The molecular weight excluding hydrogens is 343 g/mol. The van der Waals surface area contributed by atoms with Gasteiger partial charge < -0.3 is 15.2 Å². The van der Waals surface area contributed by atoms with Crippen molar-refractivity contribution in [2.45, 2.75) is 6.92 Å². The number of hydrogen-bond acceptors (Lipinski definition) is 4. The first kappa shape index (κ1) is 16.9. The van der Waals surface area contributed by atoms with Crippen LogP contribution in [0.25, 0.3) is 6.08 Å². The molecular formula is C18H15FN2O3S. The summed E-state index contributed by atoms with van der Waals surface area (Å²) in [5, 5.41) is 12.8. The van der Waals surface area contributed by atoms with Crippen molar-refractivity contribution in [3.8, 4) is 11.5 Å². The predicted molar refractivity (Wildman–Crippen MR) is 96.9 cm³/mol. The van der Waals surface area contributed by atoms with Gasteiger partial charge in [0.2, 0.25) is 0 Å². The van der Waals surface area contributed by atoms with Gasteiger partial charge in [0.25, 0.3) is 5.91 Å². The van der Waals surface area contributed by atoms with E-state index in [1.807, 2.05) is 6.92 Å². The van der Waals surface area contributed by atoms with E-state index in [1.54, 1.807) is 18.2 Å². The molecule has 25 heavy (non-hydrogen) atoms. The number of ether oxygens (including phenoxy) is 1. The topological polar surface area (TPSA) is 61.8 Å². The number of nitrogens with one attached hydrogen (secondary N) is 1. The fourth-order valence-corrected chi connectivity index (χ4v) is 2.72. The van der Waals surface area contributed by atoms with Crippen molar-refractivity contribution >= 4 is 35.0 Å². The first-order valence-electron chi connectivity index (χ1n) is 7.58. The van der Waals surface area contributed by atoms with Gasteiger partial charge in [-0.25, -0.2) is 4.39 Å². The summed E-state index contributed by atoms with van der Waals surface area (Å²) in [6.45, 7) is 2.22. The monoisotopic (exact) mass is 358 g/mol. The van der Waals surface area contributed by atoms with E-state index in [9.17, 15) is 14.3 Å². The van der Waals surface area contributed by atoms with Crippen LogP contribution in [0.4, 0.5) is 10.1 Å². The lowest BCUT2D eigenvalue weighted by molar-refractivity contribution is -0.113. The number of carbonyl (C=O) groups excluding carboxylic acids is 1. The lowest BCUT2D eigenvalue weighted by Crippen LogP contribution is -2.30. The van der Waals surface area contributed by atoms with Crippen molar-refractivity contribution in [3.05, 3.63) is 59.5 Å². The van der Waals surface area contributed by atoms with Crippen LogP contribution < -0.4 is 15.0 Å². The summed E-state index contributed by atoms with van der Waals surface area (Å²) in [6, 6.07) is 10.3. The van der Waals surface area contributed by atoms with E-state index in [2.05, 4.69) is 5.32 Å². The van der Waals surface area contributed by atoms with Gasteiger partial charge in [-0.15, -0.1) is 0 Å². The minimum atomic E-state index is -0.391. The number of phenolic OH excluding ortho intramolecular Hbond substituents is 1. The standard InChI is InChI=1S/C18H15FN2O3S/c1-2-24-16-10-11(3-8-15(16)22)9-14-17(23)21(18(25)20-14)13-6-4-12(19)5-7-13/h3-10,22H,2H2,1H3,(H,20,25)/b14-9-. The Morgan fingerprint density at radius 1 is 1.28 bits per heavy atom. The number of amides is 1. The van der Waals surface area contributed by atoms with E-state index >= 15 is 0 Å². The van der Waals surface area contributed by atoms with Gasteiger partial charge in [0.05, 0.1) is 12.3 Å². The molecule has 0 aliphatic carbocycles. The molecule has 7 heteroatoms. The molecule has 3 rings (SSSR count). The minimum absolute atomic E-state index is 0.0261. The van der Waals surface area contributed by atoms with Crippen molar-refractivity contribution in [2.24, 2.45) is 0 Å². The molecule has 2 N–H and O–H groups in total. The number of halogens is 1. The molecule has 2 aromatic rings. The molecule has 0 unspecified atom stereocenters. The summed E-state index contributed by atoms with van der Waals surface area (Å²) in [6.07, 6.45) is 1.61. The van der Waals surface area contributed by atoms with Crippen molar-refractivity contribution in [1.82, 2.24) is 5.32 Å². The number of anilines is 1. The normalized spacial score (nSPS) is 15.6. The maximum Gasteiger partial charge on any atom is 0.281 e. The van der Waals surface area contributed by atoms with Gasteiger partial charge in [-0.1, -0.05) is 6.07 Å². The van der Waals surface area contributed by atoms with Gasteiger partial charge in [0.1, 0.15) is 11.5 Å². The van der Waals surface area contributed by atoms with Crippen LogP contribution in [0.1, 0.15) is 12.5 Å². The molecule has 0 aromatic heterocycles. The second-order valence-electron chi connectivity index (χ2n) is 5.27. The lowest BCUT2D eigenvalue weighted by Gasteiger charge is -2.13. The van der Waals surface area contributed by atoms with E-state index in [0.717, 1.165) is 0 Å². The summed E-state index contributed by atoms with van der Waals surface area (Å²) in [7, 11) is 0. The van der Waals surface area contributed by atoms with E-state index in [1.165, 1.54) is 35.2 Å². The number of nitrogens with zero attached hydrogens (tertiary/aromatic N) is 1. The molecule has 1 aliphatic rings. The third-order valence-electron chi connectivity index (χ3n) is 3.56. The SMILES string of the molecule is CCOc1cc(/C=C2\NC(=S)N(c3ccc(F)cc3)C2=O)ccc1O. The Labute approximate surface area is 149 Å². The molecule has 0 saturated carbocycles. The highest BCUT2D eigenvalue weighted by molar-refractivity contribution is 7.80. The number of carbonyl (C=O) groups is 1. The molecule has 1 saturated heterocycles. The zero-order valence-electron chi connectivity index (χ0n) is 13.3. The van der Waals surface area contributed by atoms with Crippen molar-refractivity contribution in [3.63, 3.8) is 0 Å². The smallest absolute Gasteiger partial charge is 0.281 e. The second kappa shape index (κ2) is 6.90. The van der Waals surface area contributed by atoms with Crippen molar-refractivity contribution < 1.29 is 19.0 Å². The molecule has 0 bridgehead atoms. The van der Waals surface area contributed by atoms with Crippen molar-refractivity contribution in [2.75, 3.05) is 11.5 Å². The molecule has 128 valence electrons. The van der Waals surface area contributed by atoms with E-state index in [4.69, 9.17) is 17.0 Å². The van der Waals surface area contributed by atoms with Crippen LogP contribution in [0.5, 0.6) is 11.5 Å². The number of hydrogen-bond donors (Lipinski definition) is 2. The molecule has 0 radical (unpaired) electrons. The van der Waals surface area contributed by atoms with Crippen LogP contribution in [0, 0.1) is 5.82 Å². The first-order chi connectivity index (χ1) is 12.0. The Morgan fingerprint density at radius 2 is 2.00 bits per heavy atom. The Morgan fingerprint density at radius 3 is 2.68 bits per heavy atom. The zero-order chi connectivity index (χ0) is 18.0. The van der Waals surface area contributed by atoms with Crippen LogP contribution in [0.3, 0.4) is 0 Å². The Bertz CT molecular complexity index is 865. The second-order valence-corrected chi connectivity index (χ2v) is 5.65. The molecule has 0 spiro atoms. The van der Waals surface area contributed by atoms with E-state index < -0.39 is 5.82 Å². The molecule has 1 aliphatic heterocycles. The number of thiocarbonyl (C=S) groups is 1. The zero-order valence-corrected chi connectivity index (χ0v) is 14.1. The average Bonchev–Trinajstić information content (AvgIpc) is 2.86. The fraction of sp³-hybridized carbons (Fsp3) is 0.111. The van der Waals surface area contributed by atoms with Gasteiger partial charge in [0, 0.05) is 0 Å². The summed E-state index contributed by atoms with van der Waals surface area (Å²) in [5.41, 5.74) is 1.43. The Hall–Kier alpha value is -2.93. The van der Waals surface area contributed by atoms with Crippen LogP contribution >= 0.6 is 12.2 Å². The van der Waals surface area contributed by atoms with Gasteiger partial charge in [-0.2, -0.15) is 0 Å². The maximum absolute atomic E-state index is 13.1. The number of rotatable bonds is 4. The molecule has 1 heterocycles. The highest BCUT2D eigenvalue weighted by Crippen LogP contribution is 2.29. The molecule has 0 atom stereocenters. The van der Waals surface area contributed by atoms with Gasteiger partial charge in [-0.3, -0.25) is 9.69 Å². The van der Waals surface area contributed by atoms with Crippen molar-refractivity contribution in [1.29, 1.82) is 0 Å². The molecule has 5 nitrogen and oxygen atoms in total. The molecule has 1 amide bonds. The van der Waals surface area contributed by atoms with Gasteiger partial charge in [0.15, 0.2) is 16.6 Å². The largest absolute Gasteiger partial charge is 0.504 e. The number of phenols is 1. The quantitative estimate of drug-likeness (QED) is 0.649. The summed E-state index contributed by atoms with van der Waals surface area (Å²) in [5.74, 6) is -0.376. The molecule has 2 aromatic carbocycles. The van der Waals surface area contributed by atoms with E-state index in [0.29, 0.717) is 23.6 Å². The van der Waals surface area contributed by atoms with Crippen LogP contribution in [0.15, 0.2) is 48.2 Å². The highest BCUT2D eigenvalue weighted by atomic mass is 32.1. The summed E-state index contributed by atoms with van der Waals surface area (Å²) >= 11 is 5.21. The Balaban J connectivity index is 1.90. The number of aromatic hydroxyl groups is 1. The third kappa shape index (κ3) is 3.46. The van der Waals surface area contributed by atoms with Gasteiger partial charge in [-0.05, 0) is 67.2 Å². The van der Waals surface area contributed by atoms with Crippen LogP contribution in [0.2, 0.25) is 0 Å². The first-order valence-corrected chi connectivity index (χ1v) is 7.99. The predicted octanol–water partition coefficient (Wildman–Crippen LogP) is 3.19. The lowest BCUT2D eigenvalue weighted by atomic mass is 10.1.